The molecule has 0 aromatic carbocycles. The fourth-order valence-corrected chi connectivity index (χ4v) is 1.41. The van der Waals surface area contributed by atoms with E-state index >= 15 is 0 Å². The number of rotatable bonds is 2. The zero-order chi connectivity index (χ0) is 10.7. The van der Waals surface area contributed by atoms with E-state index < -0.39 is 12.0 Å². The smallest absolute Gasteiger partial charge is 0.336 e. The molecule has 1 atom stereocenters. The lowest BCUT2D eigenvalue weighted by Crippen LogP contribution is -2.51. The van der Waals surface area contributed by atoms with Crippen molar-refractivity contribution in [3.63, 3.8) is 0 Å². The van der Waals surface area contributed by atoms with E-state index in [1.165, 1.54) is 7.05 Å². The molecule has 0 bridgehead atoms. The van der Waals surface area contributed by atoms with E-state index in [0.717, 1.165) is 4.90 Å². The summed E-state index contributed by atoms with van der Waals surface area (Å²) in [5.74, 6) is -1.07. The van der Waals surface area contributed by atoms with E-state index in [1.54, 1.807) is 6.92 Å². The molecule has 0 aromatic rings. The van der Waals surface area contributed by atoms with Gasteiger partial charge in [0.25, 0.3) is 0 Å². The number of ether oxygens (including phenoxy) is 1. The maximum Gasteiger partial charge on any atom is 0.336 e. The molecule has 5 heteroatoms. The van der Waals surface area contributed by atoms with Crippen LogP contribution in [0.25, 0.3) is 0 Å². The number of nitrogens with zero attached hydrogens (tertiary/aromatic N) is 1. The maximum absolute atomic E-state index is 11.4. The monoisotopic (exact) mass is 199 g/mol. The van der Waals surface area contributed by atoms with Crippen LogP contribution in [0.1, 0.15) is 19.8 Å². The molecule has 0 aromatic heterocycles. The third-order valence-electron chi connectivity index (χ3n) is 2.18. The van der Waals surface area contributed by atoms with Gasteiger partial charge in [-0.25, -0.2) is 4.79 Å². The molecule has 5 nitrogen and oxygen atoms in total. The van der Waals surface area contributed by atoms with Crippen molar-refractivity contribution in [1.82, 2.24) is 4.90 Å². The Morgan fingerprint density at radius 2 is 2.14 bits per heavy atom. The maximum atomic E-state index is 11.4. The number of esters is 1. The van der Waals surface area contributed by atoms with Gasteiger partial charge in [-0.3, -0.25) is 9.59 Å². The van der Waals surface area contributed by atoms with Gasteiger partial charge in [0.1, 0.15) is 0 Å². The van der Waals surface area contributed by atoms with Crippen molar-refractivity contribution in [3.05, 3.63) is 0 Å². The SMILES string of the molecule is CCOC(=O)C1C(=O)CCC(=O)N1C. The molecule has 0 N–H and O–H groups in total. The molecule has 1 fully saturated rings. The zero-order valence-corrected chi connectivity index (χ0v) is 8.28. The van der Waals surface area contributed by atoms with E-state index in [0.29, 0.717) is 0 Å². The Labute approximate surface area is 82.0 Å². The molecular formula is C9H13NO4. The number of hydrogen-bond acceptors (Lipinski definition) is 4. The zero-order valence-electron chi connectivity index (χ0n) is 8.28. The Morgan fingerprint density at radius 3 is 2.71 bits per heavy atom. The first-order valence-corrected chi connectivity index (χ1v) is 4.53. The largest absolute Gasteiger partial charge is 0.464 e. The van der Waals surface area contributed by atoms with Crippen LogP contribution in [-0.2, 0) is 19.1 Å². The van der Waals surface area contributed by atoms with Crippen molar-refractivity contribution in [3.8, 4) is 0 Å². The van der Waals surface area contributed by atoms with Crippen molar-refractivity contribution in [2.45, 2.75) is 25.8 Å². The van der Waals surface area contributed by atoms with Gasteiger partial charge in [0.05, 0.1) is 6.61 Å². The van der Waals surface area contributed by atoms with Gasteiger partial charge in [-0.2, -0.15) is 0 Å². The van der Waals surface area contributed by atoms with Gasteiger partial charge in [0.15, 0.2) is 11.8 Å². The number of ketones is 1. The fourth-order valence-electron chi connectivity index (χ4n) is 1.41. The fraction of sp³-hybridized carbons (Fsp3) is 0.667. The first-order valence-electron chi connectivity index (χ1n) is 4.53. The molecule has 78 valence electrons. The molecule has 1 rings (SSSR count). The molecule has 0 spiro atoms. The lowest BCUT2D eigenvalue weighted by atomic mass is 10.0. The highest BCUT2D eigenvalue weighted by molar-refractivity contribution is 6.08. The van der Waals surface area contributed by atoms with Gasteiger partial charge in [0, 0.05) is 19.9 Å². The Bertz CT molecular complexity index is 274. The van der Waals surface area contributed by atoms with Gasteiger partial charge in [-0.05, 0) is 6.92 Å². The first-order chi connectivity index (χ1) is 6.57. The quantitative estimate of drug-likeness (QED) is 0.454. The molecule has 1 heterocycles. The van der Waals surface area contributed by atoms with Crippen molar-refractivity contribution in [2.24, 2.45) is 0 Å². The molecule has 1 unspecified atom stereocenters. The van der Waals surface area contributed by atoms with E-state index in [1.807, 2.05) is 0 Å². The molecule has 14 heavy (non-hydrogen) atoms. The van der Waals surface area contributed by atoms with E-state index in [4.69, 9.17) is 4.74 Å². The molecule has 0 aliphatic carbocycles. The lowest BCUT2D eigenvalue weighted by molar-refractivity contribution is -0.160. The summed E-state index contributed by atoms with van der Waals surface area (Å²) in [5.41, 5.74) is 0. The van der Waals surface area contributed by atoms with Gasteiger partial charge >= 0.3 is 5.97 Å². The van der Waals surface area contributed by atoms with Crippen LogP contribution in [0.3, 0.4) is 0 Å². The van der Waals surface area contributed by atoms with Crippen molar-refractivity contribution < 1.29 is 19.1 Å². The number of likely N-dealkylation sites (N-methyl/N-ethyl adjacent to an activating group) is 1. The van der Waals surface area contributed by atoms with E-state index in [-0.39, 0.29) is 31.1 Å². The number of likely N-dealkylation sites (tertiary alicyclic amines) is 1. The summed E-state index contributed by atoms with van der Waals surface area (Å²) >= 11 is 0. The molecular weight excluding hydrogens is 186 g/mol. The van der Waals surface area contributed by atoms with Crippen molar-refractivity contribution in [1.29, 1.82) is 0 Å². The summed E-state index contributed by atoms with van der Waals surface area (Å²) in [4.78, 5) is 35.1. The van der Waals surface area contributed by atoms with Crippen LogP contribution < -0.4 is 0 Å². The average molecular weight is 199 g/mol. The topological polar surface area (TPSA) is 63.7 Å². The van der Waals surface area contributed by atoms with Crippen LogP contribution in [0, 0.1) is 0 Å². The summed E-state index contributed by atoms with van der Waals surface area (Å²) in [5, 5.41) is 0. The normalized spacial score (nSPS) is 22.4. The van der Waals surface area contributed by atoms with Gasteiger partial charge in [-0.15, -0.1) is 0 Å². The predicted molar refractivity (Wildman–Crippen MR) is 47.4 cm³/mol. The minimum Gasteiger partial charge on any atom is -0.464 e. The van der Waals surface area contributed by atoms with Crippen molar-refractivity contribution in [2.75, 3.05) is 13.7 Å². The van der Waals surface area contributed by atoms with Crippen LogP contribution >= 0.6 is 0 Å². The molecule has 0 saturated carbocycles. The van der Waals surface area contributed by atoms with Gasteiger partial charge < -0.3 is 9.64 Å². The third kappa shape index (κ3) is 1.92. The van der Waals surface area contributed by atoms with Gasteiger partial charge in [0.2, 0.25) is 5.91 Å². The lowest BCUT2D eigenvalue weighted by Gasteiger charge is -2.29. The molecule has 0 radical (unpaired) electrons. The Hall–Kier alpha value is -1.39. The highest BCUT2D eigenvalue weighted by atomic mass is 16.5. The molecule has 1 amide bonds. The van der Waals surface area contributed by atoms with Gasteiger partial charge in [-0.1, -0.05) is 0 Å². The standard InChI is InChI=1S/C9H13NO4/c1-3-14-9(13)8-6(11)4-5-7(12)10(8)2/h8H,3-5H2,1-2H3. The van der Waals surface area contributed by atoms with Crippen LogP contribution in [0.4, 0.5) is 0 Å². The third-order valence-corrected chi connectivity index (χ3v) is 2.18. The van der Waals surface area contributed by atoms with Crippen LogP contribution in [-0.4, -0.2) is 42.3 Å². The summed E-state index contributed by atoms with van der Waals surface area (Å²) < 4.78 is 4.72. The van der Waals surface area contributed by atoms with E-state index in [9.17, 15) is 14.4 Å². The summed E-state index contributed by atoms with van der Waals surface area (Å²) in [7, 11) is 1.45. The minimum absolute atomic E-state index is 0.132. The number of carbonyl (C=O) groups is 3. The second-order valence-electron chi connectivity index (χ2n) is 3.13. The predicted octanol–water partition coefficient (Wildman–Crippen LogP) is -0.261. The number of amides is 1. The van der Waals surface area contributed by atoms with Crippen molar-refractivity contribution >= 4 is 17.7 Å². The number of piperidine rings is 1. The highest BCUT2D eigenvalue weighted by Crippen LogP contribution is 2.14. The summed E-state index contributed by atoms with van der Waals surface area (Å²) in [6, 6.07) is -1.03. The Morgan fingerprint density at radius 1 is 1.50 bits per heavy atom. The summed E-state index contributed by atoms with van der Waals surface area (Å²) in [6.45, 7) is 1.87. The minimum atomic E-state index is -1.03. The Kier molecular flexibility index (Phi) is 3.22. The van der Waals surface area contributed by atoms with Crippen LogP contribution in [0.5, 0.6) is 0 Å². The second kappa shape index (κ2) is 4.21. The van der Waals surface area contributed by atoms with Crippen LogP contribution in [0.2, 0.25) is 0 Å². The molecule has 1 saturated heterocycles. The Balaban J connectivity index is 2.76. The molecule has 1 aliphatic heterocycles. The number of carbonyl (C=O) groups excluding carboxylic acids is 3. The first kappa shape index (κ1) is 10.7. The number of hydrogen-bond donors (Lipinski definition) is 0. The average Bonchev–Trinajstić information content (AvgIpc) is 2.13. The van der Waals surface area contributed by atoms with E-state index in [2.05, 4.69) is 0 Å². The highest BCUT2D eigenvalue weighted by Gasteiger charge is 2.38. The second-order valence-corrected chi connectivity index (χ2v) is 3.13. The molecule has 1 aliphatic rings. The summed E-state index contributed by atoms with van der Waals surface area (Å²) in [6.07, 6.45) is 0.317. The number of Topliss-reactive ketones (excluding diaryl/α,β-unsaturated/α-hetero) is 1. The van der Waals surface area contributed by atoms with Crippen LogP contribution in [0.15, 0.2) is 0 Å².